The van der Waals surface area contributed by atoms with E-state index in [1.54, 1.807) is 6.92 Å². The number of anilines is 1. The Bertz CT molecular complexity index is 1090. The van der Waals surface area contributed by atoms with Crippen molar-refractivity contribution in [1.29, 1.82) is 0 Å². The van der Waals surface area contributed by atoms with Gasteiger partial charge in [0.25, 0.3) is 5.91 Å². The molecule has 0 aliphatic carbocycles. The predicted octanol–water partition coefficient (Wildman–Crippen LogP) is 0.566. The van der Waals surface area contributed by atoms with Crippen molar-refractivity contribution in [2.24, 2.45) is 0 Å². The molecule has 0 saturated carbocycles. The summed E-state index contributed by atoms with van der Waals surface area (Å²) < 4.78 is 32.0. The predicted molar refractivity (Wildman–Crippen MR) is 113 cm³/mol. The maximum Gasteiger partial charge on any atom is 0.316 e. The van der Waals surface area contributed by atoms with Crippen LogP contribution in [0.2, 0.25) is 0 Å². The van der Waals surface area contributed by atoms with Gasteiger partial charge in [0.05, 0.1) is 23.8 Å². The minimum atomic E-state index is -3.92. The number of rotatable bonds is 8. The standard InChI is InChI=1S/C17H19N5O6S3/c1-2-28-14(24)10-29-17-21-20-16(30-17)19-15(25)11-4-3-5-12(8-11)31(26,27)22-7-6-18-13(23)9-22/h3-5,8H,2,6-7,9-10H2,1H3,(H,18,23)(H,19,20,25). The minimum Gasteiger partial charge on any atom is -0.465 e. The van der Waals surface area contributed by atoms with Gasteiger partial charge in [-0.05, 0) is 25.1 Å². The van der Waals surface area contributed by atoms with Crippen LogP contribution in [-0.4, -0.2) is 72.7 Å². The van der Waals surface area contributed by atoms with E-state index < -0.39 is 15.9 Å². The molecule has 0 spiro atoms. The van der Waals surface area contributed by atoms with Crippen molar-refractivity contribution in [1.82, 2.24) is 19.8 Å². The summed E-state index contributed by atoms with van der Waals surface area (Å²) in [4.78, 5) is 35.4. The lowest BCUT2D eigenvalue weighted by atomic mass is 10.2. The molecule has 1 aliphatic rings. The van der Waals surface area contributed by atoms with Crippen LogP contribution in [0.25, 0.3) is 0 Å². The molecule has 11 nitrogen and oxygen atoms in total. The number of esters is 1. The maximum atomic E-state index is 12.8. The molecule has 2 N–H and O–H groups in total. The molecule has 14 heteroatoms. The van der Waals surface area contributed by atoms with Gasteiger partial charge in [-0.15, -0.1) is 10.2 Å². The summed E-state index contributed by atoms with van der Waals surface area (Å²) in [6.07, 6.45) is 0. The van der Waals surface area contributed by atoms with Crippen molar-refractivity contribution < 1.29 is 27.5 Å². The second-order valence-corrected chi connectivity index (χ2v) is 10.3. The Balaban J connectivity index is 1.67. The number of hydrogen-bond acceptors (Lipinski definition) is 10. The Labute approximate surface area is 186 Å². The normalized spacial score (nSPS) is 14.7. The Morgan fingerprint density at radius 1 is 1.35 bits per heavy atom. The van der Waals surface area contributed by atoms with Crippen molar-refractivity contribution >= 4 is 56.0 Å². The number of nitrogens with one attached hydrogen (secondary N) is 2. The van der Waals surface area contributed by atoms with Crippen molar-refractivity contribution in [3.63, 3.8) is 0 Å². The number of nitrogens with zero attached hydrogens (tertiary/aromatic N) is 3. The van der Waals surface area contributed by atoms with Crippen LogP contribution in [-0.2, 0) is 24.3 Å². The lowest BCUT2D eigenvalue weighted by Gasteiger charge is -2.26. The fourth-order valence-electron chi connectivity index (χ4n) is 2.58. The highest BCUT2D eigenvalue weighted by atomic mass is 32.2. The Kier molecular flexibility index (Phi) is 7.59. The third-order valence-corrected chi connectivity index (χ3v) is 7.77. The van der Waals surface area contributed by atoms with Gasteiger partial charge in [-0.1, -0.05) is 29.2 Å². The minimum absolute atomic E-state index is 0.0743. The number of carbonyl (C=O) groups excluding carboxylic acids is 3. The number of sulfonamides is 1. The third-order valence-electron chi connectivity index (χ3n) is 3.98. The van der Waals surface area contributed by atoms with E-state index in [2.05, 4.69) is 20.8 Å². The van der Waals surface area contributed by atoms with Crippen LogP contribution >= 0.6 is 23.1 Å². The van der Waals surface area contributed by atoms with Gasteiger partial charge in [0.2, 0.25) is 21.1 Å². The summed E-state index contributed by atoms with van der Waals surface area (Å²) >= 11 is 2.21. The monoisotopic (exact) mass is 485 g/mol. The highest BCUT2D eigenvalue weighted by molar-refractivity contribution is 8.01. The zero-order valence-electron chi connectivity index (χ0n) is 16.4. The Morgan fingerprint density at radius 3 is 2.90 bits per heavy atom. The van der Waals surface area contributed by atoms with Gasteiger partial charge < -0.3 is 10.1 Å². The molecule has 2 heterocycles. The number of ether oxygens (including phenoxy) is 1. The highest BCUT2D eigenvalue weighted by Gasteiger charge is 2.29. The topological polar surface area (TPSA) is 148 Å². The number of amides is 2. The molecule has 0 radical (unpaired) electrons. The number of carbonyl (C=O) groups is 3. The quantitative estimate of drug-likeness (QED) is 0.311. The van der Waals surface area contributed by atoms with Crippen LogP contribution in [0.15, 0.2) is 33.5 Å². The summed E-state index contributed by atoms with van der Waals surface area (Å²) in [6, 6.07) is 5.53. The lowest BCUT2D eigenvalue weighted by molar-refractivity contribution is -0.139. The van der Waals surface area contributed by atoms with E-state index in [0.29, 0.717) is 4.34 Å². The van der Waals surface area contributed by atoms with Crippen LogP contribution in [0, 0.1) is 0 Å². The molecule has 2 aromatic rings. The second kappa shape index (κ2) is 10.2. The number of aromatic nitrogens is 2. The molecule has 3 rings (SSSR count). The fourth-order valence-corrected chi connectivity index (χ4v) is 5.57. The molecule has 1 saturated heterocycles. The van der Waals surface area contributed by atoms with E-state index in [4.69, 9.17) is 4.74 Å². The average Bonchev–Trinajstić information content (AvgIpc) is 3.20. The first-order valence-corrected chi connectivity index (χ1v) is 12.3. The molecule has 166 valence electrons. The highest BCUT2D eigenvalue weighted by Crippen LogP contribution is 2.26. The lowest BCUT2D eigenvalue weighted by Crippen LogP contribution is -2.49. The van der Waals surface area contributed by atoms with Crippen molar-refractivity contribution in [3.8, 4) is 0 Å². The summed E-state index contributed by atoms with van der Waals surface area (Å²) in [5.74, 6) is -1.24. The Morgan fingerprint density at radius 2 is 2.16 bits per heavy atom. The largest absolute Gasteiger partial charge is 0.465 e. The van der Waals surface area contributed by atoms with Crippen LogP contribution < -0.4 is 10.6 Å². The number of hydrogen-bond donors (Lipinski definition) is 2. The van der Waals surface area contributed by atoms with Crippen LogP contribution in [0.4, 0.5) is 5.13 Å². The summed E-state index contributed by atoms with van der Waals surface area (Å²) in [5, 5.41) is 13.1. The summed E-state index contributed by atoms with van der Waals surface area (Å²) in [6.45, 7) is 2.12. The first-order valence-electron chi connectivity index (χ1n) is 9.10. The molecular weight excluding hydrogens is 466 g/mol. The smallest absolute Gasteiger partial charge is 0.316 e. The molecule has 1 aromatic carbocycles. The second-order valence-electron chi connectivity index (χ2n) is 6.14. The van der Waals surface area contributed by atoms with Gasteiger partial charge in [-0.25, -0.2) is 8.42 Å². The first kappa shape index (κ1) is 23.1. The molecule has 1 aliphatic heterocycles. The number of piperazine rings is 1. The molecular formula is C17H19N5O6S3. The fraction of sp³-hybridized carbons (Fsp3) is 0.353. The van der Waals surface area contributed by atoms with Gasteiger partial charge in [0.15, 0.2) is 4.34 Å². The first-order chi connectivity index (χ1) is 14.8. The van der Waals surface area contributed by atoms with Crippen LogP contribution in [0.1, 0.15) is 17.3 Å². The van der Waals surface area contributed by atoms with Gasteiger partial charge in [-0.2, -0.15) is 4.31 Å². The van der Waals surface area contributed by atoms with E-state index in [9.17, 15) is 22.8 Å². The molecule has 0 bridgehead atoms. The summed E-state index contributed by atoms with van der Waals surface area (Å²) in [7, 11) is -3.92. The van der Waals surface area contributed by atoms with E-state index >= 15 is 0 Å². The number of thioether (sulfide) groups is 1. The average molecular weight is 486 g/mol. The Hall–Kier alpha value is -2.55. The van der Waals surface area contributed by atoms with Gasteiger partial charge in [0.1, 0.15) is 0 Å². The molecule has 31 heavy (non-hydrogen) atoms. The van der Waals surface area contributed by atoms with Gasteiger partial charge in [0, 0.05) is 18.7 Å². The van der Waals surface area contributed by atoms with Crippen molar-refractivity contribution in [2.45, 2.75) is 16.2 Å². The summed E-state index contributed by atoms with van der Waals surface area (Å²) in [5.41, 5.74) is 0.110. The van der Waals surface area contributed by atoms with Gasteiger partial charge in [-0.3, -0.25) is 19.7 Å². The molecule has 2 amide bonds. The molecule has 1 aromatic heterocycles. The third kappa shape index (κ3) is 6.00. The van der Waals surface area contributed by atoms with E-state index in [0.717, 1.165) is 27.4 Å². The van der Waals surface area contributed by atoms with Crippen molar-refractivity contribution in [3.05, 3.63) is 29.8 Å². The molecule has 0 atom stereocenters. The maximum absolute atomic E-state index is 12.8. The number of benzene rings is 1. The SMILES string of the molecule is CCOC(=O)CSc1nnc(NC(=O)c2cccc(S(=O)(=O)N3CCNC(=O)C3)c2)s1. The van der Waals surface area contributed by atoms with Crippen LogP contribution in [0.5, 0.6) is 0 Å². The van der Waals surface area contributed by atoms with Crippen LogP contribution in [0.3, 0.4) is 0 Å². The molecule has 0 unspecified atom stereocenters. The van der Waals surface area contributed by atoms with Crippen molar-refractivity contribution in [2.75, 3.05) is 37.3 Å². The van der Waals surface area contributed by atoms with E-state index in [1.807, 2.05) is 0 Å². The zero-order chi connectivity index (χ0) is 22.4. The zero-order valence-corrected chi connectivity index (χ0v) is 18.8. The molecule has 1 fully saturated rings. The van der Waals surface area contributed by atoms with E-state index in [1.165, 1.54) is 24.3 Å². The van der Waals surface area contributed by atoms with Gasteiger partial charge >= 0.3 is 5.97 Å². The van der Waals surface area contributed by atoms with E-state index in [-0.39, 0.29) is 59.5 Å².